The van der Waals surface area contributed by atoms with E-state index >= 15 is 0 Å². The second-order valence-corrected chi connectivity index (χ2v) is 7.30. The fourth-order valence-electron chi connectivity index (χ4n) is 4.29. The fraction of sp³-hybridized carbons (Fsp3) is 0.381. The molecule has 2 aromatic carbocycles. The van der Waals surface area contributed by atoms with Crippen molar-refractivity contribution in [1.29, 1.82) is 0 Å². The van der Waals surface area contributed by atoms with Crippen molar-refractivity contribution in [3.05, 3.63) is 64.2 Å². The molecule has 1 saturated heterocycles. The van der Waals surface area contributed by atoms with Crippen molar-refractivity contribution in [1.82, 2.24) is 4.90 Å². The molecular formula is C21H22ClNO2. The van der Waals surface area contributed by atoms with Crippen LogP contribution in [0.2, 0.25) is 5.02 Å². The number of likely N-dealkylation sites (tertiary alicyclic amines) is 1. The number of carbonyl (C=O) groups is 1. The van der Waals surface area contributed by atoms with Crippen LogP contribution in [-0.4, -0.2) is 24.5 Å². The third-order valence-corrected chi connectivity index (χ3v) is 5.93. The van der Waals surface area contributed by atoms with E-state index in [1.807, 2.05) is 18.2 Å². The van der Waals surface area contributed by atoms with Crippen molar-refractivity contribution in [2.24, 2.45) is 5.92 Å². The van der Waals surface area contributed by atoms with E-state index in [0.717, 1.165) is 37.1 Å². The Morgan fingerprint density at radius 2 is 2.00 bits per heavy atom. The summed E-state index contributed by atoms with van der Waals surface area (Å²) in [6.45, 7) is 0.829. The summed E-state index contributed by atoms with van der Waals surface area (Å²) in [5.41, 5.74) is 3.65. The Hall–Kier alpha value is -2.00. The Kier molecular flexibility index (Phi) is 4.43. The molecule has 25 heavy (non-hydrogen) atoms. The third-order valence-electron chi connectivity index (χ3n) is 5.57. The largest absolute Gasteiger partial charge is 0.496 e. The molecule has 1 amide bonds. The van der Waals surface area contributed by atoms with Crippen LogP contribution in [0.25, 0.3) is 0 Å². The lowest BCUT2D eigenvalue weighted by Gasteiger charge is -2.25. The number of amides is 1. The highest BCUT2D eigenvalue weighted by Crippen LogP contribution is 2.40. The van der Waals surface area contributed by atoms with E-state index < -0.39 is 0 Å². The van der Waals surface area contributed by atoms with Crippen molar-refractivity contribution in [3.8, 4) is 5.75 Å². The lowest BCUT2D eigenvalue weighted by Crippen LogP contribution is -2.31. The van der Waals surface area contributed by atoms with Crippen LogP contribution in [0.1, 0.15) is 35.6 Å². The Bertz CT molecular complexity index is 804. The van der Waals surface area contributed by atoms with Crippen LogP contribution in [0, 0.1) is 5.92 Å². The van der Waals surface area contributed by atoms with Gasteiger partial charge in [-0.2, -0.15) is 0 Å². The summed E-state index contributed by atoms with van der Waals surface area (Å²) in [5.74, 6) is 1.01. The number of rotatable bonds is 4. The molecule has 1 unspecified atom stereocenters. The normalized spacial score (nSPS) is 22.3. The topological polar surface area (TPSA) is 29.5 Å². The quantitative estimate of drug-likeness (QED) is 0.812. The molecule has 0 spiro atoms. The molecule has 1 aliphatic heterocycles. The molecule has 0 saturated carbocycles. The van der Waals surface area contributed by atoms with E-state index in [0.29, 0.717) is 11.4 Å². The van der Waals surface area contributed by atoms with Gasteiger partial charge in [0.15, 0.2) is 0 Å². The number of fused-ring (bicyclic) bond motifs is 1. The zero-order valence-corrected chi connectivity index (χ0v) is 15.1. The number of ether oxygens (including phenoxy) is 1. The standard InChI is InChI=1S/C21H22ClNO2/c1-25-20-8-4-7-18(22)17(20)13-15-11-12-23(21(15)24)19-10-9-14-5-2-3-6-16(14)19/h2-8,15,19H,9-13H2,1H3/t15?,19-/m0/s1. The van der Waals surface area contributed by atoms with Gasteiger partial charge in [-0.25, -0.2) is 0 Å². The van der Waals surface area contributed by atoms with Crippen LogP contribution in [0.4, 0.5) is 0 Å². The van der Waals surface area contributed by atoms with Gasteiger partial charge in [0.05, 0.1) is 13.2 Å². The fourth-order valence-corrected chi connectivity index (χ4v) is 4.54. The third kappa shape index (κ3) is 2.91. The monoisotopic (exact) mass is 355 g/mol. The number of carbonyl (C=O) groups excluding carboxylic acids is 1. The maximum atomic E-state index is 13.1. The van der Waals surface area contributed by atoms with E-state index in [-0.39, 0.29) is 17.9 Å². The first-order valence-corrected chi connectivity index (χ1v) is 9.26. The smallest absolute Gasteiger partial charge is 0.226 e. The highest BCUT2D eigenvalue weighted by atomic mass is 35.5. The highest BCUT2D eigenvalue weighted by Gasteiger charge is 2.39. The summed E-state index contributed by atoms with van der Waals surface area (Å²) in [7, 11) is 1.65. The lowest BCUT2D eigenvalue weighted by molar-refractivity contribution is -0.133. The number of halogens is 1. The second kappa shape index (κ2) is 6.72. The molecule has 4 heteroatoms. The predicted octanol–water partition coefficient (Wildman–Crippen LogP) is 4.43. The van der Waals surface area contributed by atoms with E-state index in [1.54, 1.807) is 7.11 Å². The molecule has 0 N–H and O–H groups in total. The lowest BCUT2D eigenvalue weighted by atomic mass is 9.97. The molecule has 1 aliphatic carbocycles. The number of hydrogen-bond donors (Lipinski definition) is 0. The minimum Gasteiger partial charge on any atom is -0.496 e. The van der Waals surface area contributed by atoms with Gasteiger partial charge in [-0.1, -0.05) is 41.9 Å². The van der Waals surface area contributed by atoms with Crippen molar-refractivity contribution < 1.29 is 9.53 Å². The van der Waals surface area contributed by atoms with E-state index in [2.05, 4.69) is 29.2 Å². The van der Waals surface area contributed by atoms with Crippen LogP contribution in [0.3, 0.4) is 0 Å². The van der Waals surface area contributed by atoms with Gasteiger partial charge in [-0.15, -0.1) is 0 Å². The highest BCUT2D eigenvalue weighted by molar-refractivity contribution is 6.31. The van der Waals surface area contributed by atoms with Crippen LogP contribution in [-0.2, 0) is 17.6 Å². The average Bonchev–Trinajstić information content (AvgIpc) is 3.20. The summed E-state index contributed by atoms with van der Waals surface area (Å²) in [6.07, 6.45) is 3.62. The first kappa shape index (κ1) is 16.5. The minimum atomic E-state index is -0.0124. The van der Waals surface area contributed by atoms with Gasteiger partial charge in [0.2, 0.25) is 5.91 Å². The van der Waals surface area contributed by atoms with Crippen molar-refractivity contribution >= 4 is 17.5 Å². The van der Waals surface area contributed by atoms with Crippen molar-refractivity contribution in [3.63, 3.8) is 0 Å². The molecule has 0 bridgehead atoms. The molecule has 4 rings (SSSR count). The van der Waals surface area contributed by atoms with E-state index in [9.17, 15) is 4.79 Å². The number of hydrogen-bond acceptors (Lipinski definition) is 2. The Morgan fingerprint density at radius 1 is 1.16 bits per heavy atom. The van der Waals surface area contributed by atoms with Crippen molar-refractivity contribution in [2.75, 3.05) is 13.7 Å². The molecule has 0 aromatic heterocycles. The van der Waals surface area contributed by atoms with Crippen LogP contribution < -0.4 is 4.74 Å². The van der Waals surface area contributed by atoms with E-state index in [4.69, 9.17) is 16.3 Å². The van der Waals surface area contributed by atoms with Gasteiger partial charge in [-0.05, 0) is 48.9 Å². The Morgan fingerprint density at radius 3 is 2.84 bits per heavy atom. The van der Waals surface area contributed by atoms with Gasteiger partial charge >= 0.3 is 0 Å². The van der Waals surface area contributed by atoms with Gasteiger partial charge in [-0.3, -0.25) is 4.79 Å². The molecule has 2 atom stereocenters. The maximum absolute atomic E-state index is 13.1. The second-order valence-electron chi connectivity index (χ2n) is 6.90. The van der Waals surface area contributed by atoms with E-state index in [1.165, 1.54) is 11.1 Å². The molecule has 2 aliphatic rings. The number of nitrogens with zero attached hydrogens (tertiary/aromatic N) is 1. The Labute approximate surface area is 153 Å². The first-order valence-electron chi connectivity index (χ1n) is 8.88. The Balaban J connectivity index is 1.54. The summed E-state index contributed by atoms with van der Waals surface area (Å²) in [4.78, 5) is 15.1. The van der Waals surface area contributed by atoms with Crippen LogP contribution in [0.5, 0.6) is 5.75 Å². The maximum Gasteiger partial charge on any atom is 0.226 e. The van der Waals surface area contributed by atoms with Gasteiger partial charge < -0.3 is 9.64 Å². The molecule has 2 aromatic rings. The molecule has 1 fully saturated rings. The number of benzene rings is 2. The number of methoxy groups -OCH3 is 1. The zero-order chi connectivity index (χ0) is 17.4. The summed E-state index contributed by atoms with van der Waals surface area (Å²) < 4.78 is 5.44. The first-order chi connectivity index (χ1) is 12.2. The molecule has 0 radical (unpaired) electrons. The summed E-state index contributed by atoms with van der Waals surface area (Å²) in [6, 6.07) is 14.4. The SMILES string of the molecule is COc1cccc(Cl)c1CC1CCN([C@H]2CCc3ccccc32)C1=O. The molecule has 130 valence electrons. The number of aryl methyl sites for hydroxylation is 1. The molecule has 3 nitrogen and oxygen atoms in total. The van der Waals surface area contributed by atoms with Crippen LogP contribution >= 0.6 is 11.6 Å². The molecular weight excluding hydrogens is 334 g/mol. The van der Waals surface area contributed by atoms with Gasteiger partial charge in [0.1, 0.15) is 5.75 Å². The van der Waals surface area contributed by atoms with Gasteiger partial charge in [0, 0.05) is 23.0 Å². The van der Waals surface area contributed by atoms with Crippen molar-refractivity contribution in [2.45, 2.75) is 31.7 Å². The predicted molar refractivity (Wildman–Crippen MR) is 99.0 cm³/mol. The molecule has 1 heterocycles. The van der Waals surface area contributed by atoms with Crippen LogP contribution in [0.15, 0.2) is 42.5 Å². The minimum absolute atomic E-state index is 0.0124. The zero-order valence-electron chi connectivity index (χ0n) is 14.4. The average molecular weight is 356 g/mol. The summed E-state index contributed by atoms with van der Waals surface area (Å²) in [5, 5.41) is 0.678. The van der Waals surface area contributed by atoms with Gasteiger partial charge in [0.25, 0.3) is 0 Å². The summed E-state index contributed by atoms with van der Waals surface area (Å²) >= 11 is 6.36.